The molecule has 5 nitrogen and oxygen atoms in total. The third-order valence-corrected chi connectivity index (χ3v) is 5.43. The zero-order valence-corrected chi connectivity index (χ0v) is 14.4. The molecule has 11 heteroatoms. The maximum atomic E-state index is 13.8. The Morgan fingerprint density at radius 3 is 2.33 bits per heavy atom. The quantitative estimate of drug-likeness (QED) is 0.596. The van der Waals surface area contributed by atoms with Gasteiger partial charge in [0, 0.05) is 0 Å². The zero-order valence-electron chi connectivity index (χ0n) is 12.8. The molecule has 0 bridgehead atoms. The maximum absolute atomic E-state index is 13.8. The number of hydrogen-bond donors (Lipinski definition) is 1. The Bertz CT molecular complexity index is 1090. The summed E-state index contributed by atoms with van der Waals surface area (Å²) in [6, 6.07) is 5.95. The van der Waals surface area contributed by atoms with Gasteiger partial charge >= 0.3 is 11.8 Å². The number of anilines is 1. The Morgan fingerprint density at radius 2 is 1.67 bits per heavy atom. The molecule has 0 aliphatic heterocycles. The van der Waals surface area contributed by atoms with Crippen molar-refractivity contribution in [3.8, 4) is 0 Å². The minimum atomic E-state index is -4.72. The van der Waals surface area contributed by atoms with Gasteiger partial charge in [-0.3, -0.25) is 19.7 Å². The topological polar surface area (TPSA) is 76.1 Å². The number of halogens is 5. The first-order valence-electron chi connectivity index (χ1n) is 7.24. The molecule has 0 saturated heterocycles. The van der Waals surface area contributed by atoms with E-state index < -0.39 is 51.0 Å². The van der Waals surface area contributed by atoms with Crippen LogP contribution in [0, 0.1) is 0 Å². The molecule has 2 aromatic rings. The number of rotatable bonds is 2. The summed E-state index contributed by atoms with van der Waals surface area (Å²) in [4.78, 5) is 39.1. The van der Waals surface area contributed by atoms with E-state index in [4.69, 9.17) is 11.6 Å². The van der Waals surface area contributed by atoms with Crippen molar-refractivity contribution in [2.45, 2.75) is 11.8 Å². The number of fused-ring (bicyclic) bond motifs is 2. The SMILES string of the molecule is O=C1C(=O)c2nc(NC(=O)c3ccccc3Cl)sc2C2=C1C(F)(F)C2(F)F. The van der Waals surface area contributed by atoms with E-state index in [0.717, 1.165) is 0 Å². The van der Waals surface area contributed by atoms with Crippen LogP contribution >= 0.6 is 22.9 Å². The first-order chi connectivity index (χ1) is 12.6. The Labute approximate surface area is 156 Å². The number of carbonyl (C=O) groups is 3. The Balaban J connectivity index is 1.76. The highest BCUT2D eigenvalue weighted by Gasteiger charge is 2.75. The van der Waals surface area contributed by atoms with Gasteiger partial charge in [0.05, 0.1) is 26.6 Å². The first-order valence-corrected chi connectivity index (χ1v) is 8.43. The molecule has 1 aromatic carbocycles. The van der Waals surface area contributed by atoms with Gasteiger partial charge in [0.25, 0.3) is 11.7 Å². The van der Waals surface area contributed by atoms with Gasteiger partial charge in [-0.1, -0.05) is 35.1 Å². The lowest BCUT2D eigenvalue weighted by Gasteiger charge is -2.41. The van der Waals surface area contributed by atoms with Gasteiger partial charge in [-0.2, -0.15) is 17.6 Å². The predicted molar refractivity (Wildman–Crippen MR) is 87.7 cm³/mol. The monoisotopic (exact) mass is 416 g/mol. The van der Waals surface area contributed by atoms with Gasteiger partial charge in [-0.05, 0) is 12.1 Å². The van der Waals surface area contributed by atoms with Gasteiger partial charge in [0.15, 0.2) is 5.13 Å². The third kappa shape index (κ3) is 2.23. The predicted octanol–water partition coefficient (Wildman–Crippen LogP) is 3.85. The number of alkyl halides is 4. The van der Waals surface area contributed by atoms with E-state index >= 15 is 0 Å². The van der Waals surface area contributed by atoms with Gasteiger partial charge in [-0.25, -0.2) is 4.98 Å². The number of ketones is 2. The average molecular weight is 417 g/mol. The molecule has 2 aliphatic rings. The van der Waals surface area contributed by atoms with Crippen molar-refractivity contribution in [3.05, 3.63) is 51.0 Å². The van der Waals surface area contributed by atoms with Crippen LogP contribution in [0.1, 0.15) is 25.7 Å². The second-order valence-electron chi connectivity index (χ2n) is 5.69. The van der Waals surface area contributed by atoms with Crippen molar-refractivity contribution in [2.24, 2.45) is 0 Å². The molecule has 138 valence electrons. The maximum Gasteiger partial charge on any atom is 0.344 e. The highest BCUT2D eigenvalue weighted by Crippen LogP contribution is 2.62. The van der Waals surface area contributed by atoms with E-state index in [0.29, 0.717) is 11.3 Å². The van der Waals surface area contributed by atoms with E-state index in [1.165, 1.54) is 18.2 Å². The van der Waals surface area contributed by atoms with Gasteiger partial charge in [0.1, 0.15) is 5.69 Å². The lowest BCUT2D eigenvalue weighted by Crippen LogP contribution is -2.57. The Morgan fingerprint density at radius 1 is 1.04 bits per heavy atom. The summed E-state index contributed by atoms with van der Waals surface area (Å²) in [5.74, 6) is -13.2. The van der Waals surface area contributed by atoms with Crippen LogP contribution in [-0.2, 0) is 4.79 Å². The largest absolute Gasteiger partial charge is 0.344 e. The standard InChI is InChI=1S/C16H5ClF4N2O3S/c17-6-4-2-1-3-5(6)13(26)23-14-22-9-11(25)10(24)7-8(12(9)27-14)16(20,21)15(7,18)19/h1-4H,(H,22,23,26). The number of nitrogens with one attached hydrogen (secondary N) is 1. The fourth-order valence-corrected chi connectivity index (χ4v) is 4.07. The summed E-state index contributed by atoms with van der Waals surface area (Å²) in [7, 11) is 0. The molecule has 0 unspecified atom stereocenters. The van der Waals surface area contributed by atoms with E-state index in [-0.39, 0.29) is 15.7 Å². The molecule has 1 heterocycles. The molecule has 1 aromatic heterocycles. The summed E-state index contributed by atoms with van der Waals surface area (Å²) in [6.07, 6.45) is 0. The van der Waals surface area contributed by atoms with Gasteiger partial charge < -0.3 is 0 Å². The molecule has 1 amide bonds. The van der Waals surface area contributed by atoms with Crippen LogP contribution in [0.2, 0.25) is 5.02 Å². The van der Waals surface area contributed by atoms with E-state index in [1.807, 2.05) is 0 Å². The van der Waals surface area contributed by atoms with Crippen LogP contribution in [0.3, 0.4) is 0 Å². The van der Waals surface area contributed by atoms with Crippen LogP contribution in [0.5, 0.6) is 0 Å². The third-order valence-electron chi connectivity index (χ3n) is 4.11. The lowest BCUT2D eigenvalue weighted by molar-refractivity contribution is -0.172. The highest BCUT2D eigenvalue weighted by atomic mass is 35.5. The number of amides is 1. The number of Topliss-reactive ketones (excluding diaryl/α,β-unsaturated/α-hetero) is 2. The highest BCUT2D eigenvalue weighted by molar-refractivity contribution is 7.17. The number of carbonyl (C=O) groups excluding carboxylic acids is 3. The number of hydrogen-bond acceptors (Lipinski definition) is 5. The second-order valence-corrected chi connectivity index (χ2v) is 7.09. The minimum absolute atomic E-state index is 0.0511. The Hall–Kier alpha value is -2.59. The van der Waals surface area contributed by atoms with Crippen LogP contribution < -0.4 is 5.32 Å². The van der Waals surface area contributed by atoms with Crippen molar-refractivity contribution < 1.29 is 31.9 Å². The Kier molecular flexibility index (Phi) is 3.60. The van der Waals surface area contributed by atoms with E-state index in [2.05, 4.69) is 10.3 Å². The molecule has 0 radical (unpaired) electrons. The smallest absolute Gasteiger partial charge is 0.298 e. The molecule has 4 rings (SSSR count). The average Bonchev–Trinajstić information content (AvgIpc) is 3.00. The summed E-state index contributed by atoms with van der Waals surface area (Å²) >= 11 is 6.29. The van der Waals surface area contributed by atoms with Crippen molar-refractivity contribution >= 4 is 51.1 Å². The van der Waals surface area contributed by atoms with E-state index in [1.54, 1.807) is 6.07 Å². The second kappa shape index (κ2) is 5.46. The molecule has 0 atom stereocenters. The summed E-state index contributed by atoms with van der Waals surface area (Å²) < 4.78 is 54.8. The summed E-state index contributed by atoms with van der Waals surface area (Å²) in [6.45, 7) is 0. The molecule has 1 N–H and O–H groups in total. The van der Waals surface area contributed by atoms with Gasteiger partial charge in [-0.15, -0.1) is 0 Å². The number of aromatic nitrogens is 1. The van der Waals surface area contributed by atoms with Crippen molar-refractivity contribution in [2.75, 3.05) is 5.32 Å². The molecule has 0 fully saturated rings. The van der Waals surface area contributed by atoms with Crippen molar-refractivity contribution in [1.29, 1.82) is 0 Å². The summed E-state index contributed by atoms with van der Waals surface area (Å²) in [5.41, 5.74) is -3.37. The molecule has 0 saturated carbocycles. The number of benzene rings is 1. The minimum Gasteiger partial charge on any atom is -0.298 e. The molecule has 27 heavy (non-hydrogen) atoms. The van der Waals surface area contributed by atoms with Gasteiger partial charge in [0.2, 0.25) is 5.78 Å². The number of nitrogens with zero attached hydrogens (tertiary/aromatic N) is 1. The fourth-order valence-electron chi connectivity index (χ4n) is 2.81. The first kappa shape index (κ1) is 17.8. The molecule has 2 aliphatic carbocycles. The van der Waals surface area contributed by atoms with Crippen LogP contribution in [-0.4, -0.2) is 34.3 Å². The van der Waals surface area contributed by atoms with Crippen LogP contribution in [0.15, 0.2) is 29.8 Å². The number of allylic oxidation sites excluding steroid dienone is 2. The normalized spacial score (nSPS) is 19.3. The molecular weight excluding hydrogens is 412 g/mol. The molecular formula is C16H5ClF4N2O3S. The zero-order chi connectivity index (χ0) is 19.7. The van der Waals surface area contributed by atoms with Crippen molar-refractivity contribution in [1.82, 2.24) is 4.98 Å². The van der Waals surface area contributed by atoms with Crippen molar-refractivity contribution in [3.63, 3.8) is 0 Å². The van der Waals surface area contributed by atoms with Crippen LogP contribution in [0.25, 0.3) is 5.57 Å². The fraction of sp³-hybridized carbons (Fsp3) is 0.125. The van der Waals surface area contributed by atoms with Crippen LogP contribution in [0.4, 0.5) is 22.7 Å². The number of thiazole rings is 1. The van der Waals surface area contributed by atoms with E-state index in [9.17, 15) is 31.9 Å². The lowest BCUT2D eigenvalue weighted by atomic mass is 9.72. The summed E-state index contributed by atoms with van der Waals surface area (Å²) in [5, 5.41) is 2.07. The molecule has 0 spiro atoms.